The summed E-state index contributed by atoms with van der Waals surface area (Å²) in [5, 5.41) is 19.5. The molecule has 0 bridgehead atoms. The number of alkyl carbamates (subject to hydrolysis) is 1. The topological polar surface area (TPSA) is 89.6 Å². The van der Waals surface area contributed by atoms with Gasteiger partial charge in [0, 0.05) is 48.2 Å². The standard InChI is InChI=1S/C27H39FN4O3/c1-27(2,3)35-26(34)31-23(16-7-5-4-6-8-16)25(33)32-12-11-21-24(32)20(15-29-21)19-14-30-22-13-17(28)9-10-18(19)22/h9-10,13-14,16,20-21,23-25,29-30,33H,4-8,11-12,15H2,1-3H3,(H,31,34). The number of halogens is 1. The lowest BCUT2D eigenvalue weighted by molar-refractivity contribution is -0.0550. The van der Waals surface area contributed by atoms with Crippen LogP contribution in [0.2, 0.25) is 0 Å². The number of amides is 1. The minimum atomic E-state index is -0.800. The van der Waals surface area contributed by atoms with Crippen LogP contribution >= 0.6 is 0 Å². The fraction of sp³-hybridized carbons (Fsp3) is 0.667. The van der Waals surface area contributed by atoms with Gasteiger partial charge in [0.1, 0.15) is 17.6 Å². The van der Waals surface area contributed by atoms with Gasteiger partial charge < -0.3 is 25.5 Å². The smallest absolute Gasteiger partial charge is 0.408 e. The first kappa shape index (κ1) is 24.5. The van der Waals surface area contributed by atoms with Crippen molar-refractivity contribution in [3.8, 4) is 0 Å². The monoisotopic (exact) mass is 486 g/mol. The summed E-state index contributed by atoms with van der Waals surface area (Å²) in [4.78, 5) is 18.2. The van der Waals surface area contributed by atoms with E-state index in [1.54, 1.807) is 0 Å². The maximum absolute atomic E-state index is 13.8. The number of hydrogen-bond donors (Lipinski definition) is 4. The van der Waals surface area contributed by atoms with E-state index < -0.39 is 17.9 Å². The second kappa shape index (κ2) is 9.71. The Morgan fingerprint density at radius 1 is 1.23 bits per heavy atom. The average Bonchev–Trinajstić information content (AvgIpc) is 3.51. The van der Waals surface area contributed by atoms with Crippen LogP contribution in [0.5, 0.6) is 0 Å². The summed E-state index contributed by atoms with van der Waals surface area (Å²) in [6, 6.07) is 4.86. The summed E-state index contributed by atoms with van der Waals surface area (Å²) in [5.74, 6) is 0.119. The van der Waals surface area contributed by atoms with E-state index in [0.717, 1.165) is 61.7 Å². The molecule has 5 atom stereocenters. The molecule has 192 valence electrons. The van der Waals surface area contributed by atoms with Crippen LogP contribution in [0.3, 0.4) is 0 Å². The number of likely N-dealkylation sites (tertiary alicyclic amines) is 1. The number of nitrogens with zero attached hydrogens (tertiary/aromatic N) is 1. The Bertz CT molecular complexity index is 1040. The summed E-state index contributed by atoms with van der Waals surface area (Å²) >= 11 is 0. The van der Waals surface area contributed by atoms with Crippen molar-refractivity contribution in [2.24, 2.45) is 5.92 Å². The molecule has 2 aliphatic heterocycles. The molecule has 4 N–H and O–H groups in total. The highest BCUT2D eigenvalue weighted by Gasteiger charge is 2.49. The number of aromatic nitrogens is 1. The van der Waals surface area contributed by atoms with Gasteiger partial charge in [0.2, 0.25) is 0 Å². The van der Waals surface area contributed by atoms with E-state index in [1.807, 2.05) is 33.0 Å². The van der Waals surface area contributed by atoms with Crippen LogP contribution in [0.15, 0.2) is 24.4 Å². The maximum atomic E-state index is 13.8. The Hall–Kier alpha value is -2.16. The molecule has 5 unspecified atom stereocenters. The highest BCUT2D eigenvalue weighted by atomic mass is 19.1. The van der Waals surface area contributed by atoms with E-state index in [0.29, 0.717) is 0 Å². The third kappa shape index (κ3) is 5.06. The van der Waals surface area contributed by atoms with E-state index >= 15 is 0 Å². The zero-order chi connectivity index (χ0) is 24.7. The van der Waals surface area contributed by atoms with Crippen molar-refractivity contribution in [2.75, 3.05) is 13.1 Å². The lowest BCUT2D eigenvalue weighted by Crippen LogP contribution is -2.58. The van der Waals surface area contributed by atoms with Crippen LogP contribution in [0.1, 0.15) is 70.8 Å². The van der Waals surface area contributed by atoms with E-state index in [1.165, 1.54) is 18.6 Å². The number of aliphatic hydroxyl groups is 1. The van der Waals surface area contributed by atoms with Crippen LogP contribution in [0, 0.1) is 11.7 Å². The first-order valence-corrected chi connectivity index (χ1v) is 13.1. The molecular weight excluding hydrogens is 447 g/mol. The summed E-state index contributed by atoms with van der Waals surface area (Å²) in [6.45, 7) is 7.12. The van der Waals surface area contributed by atoms with E-state index in [2.05, 4.69) is 20.5 Å². The van der Waals surface area contributed by atoms with Crippen LogP contribution in [-0.4, -0.2) is 64.1 Å². The number of rotatable bonds is 5. The number of aromatic amines is 1. The van der Waals surface area contributed by atoms with Crippen molar-refractivity contribution < 1.29 is 19.0 Å². The number of hydrogen-bond acceptors (Lipinski definition) is 5. The van der Waals surface area contributed by atoms with Gasteiger partial charge in [-0.15, -0.1) is 0 Å². The van der Waals surface area contributed by atoms with Gasteiger partial charge in [-0.25, -0.2) is 9.18 Å². The van der Waals surface area contributed by atoms with E-state index in [9.17, 15) is 14.3 Å². The Morgan fingerprint density at radius 2 is 2.00 bits per heavy atom. The van der Waals surface area contributed by atoms with Gasteiger partial charge in [0.05, 0.1) is 6.04 Å². The number of carbonyl (C=O) groups excluding carboxylic acids is 1. The molecular formula is C27H39FN4O3. The quantitative estimate of drug-likeness (QED) is 0.508. The van der Waals surface area contributed by atoms with Crippen molar-refractivity contribution in [1.29, 1.82) is 0 Å². The molecule has 0 radical (unpaired) electrons. The third-order valence-corrected chi connectivity index (χ3v) is 8.08. The first-order valence-electron chi connectivity index (χ1n) is 13.1. The van der Waals surface area contributed by atoms with E-state index in [4.69, 9.17) is 4.74 Å². The third-order valence-electron chi connectivity index (χ3n) is 8.08. The highest BCUT2D eigenvalue weighted by Crippen LogP contribution is 2.41. The molecule has 3 fully saturated rings. The molecule has 0 spiro atoms. The van der Waals surface area contributed by atoms with Gasteiger partial charge in [-0.05, 0) is 69.7 Å². The SMILES string of the molecule is CC(C)(C)OC(=O)NC(C1CCCCC1)C(O)N1CCC2NCC(c3c[nH]c4cc(F)ccc34)C21. The molecule has 7 nitrogen and oxygen atoms in total. The fourth-order valence-electron chi connectivity index (χ4n) is 6.58. The molecule has 1 aliphatic carbocycles. The highest BCUT2D eigenvalue weighted by molar-refractivity contribution is 5.84. The number of benzene rings is 1. The van der Waals surface area contributed by atoms with Gasteiger partial charge in [-0.3, -0.25) is 4.90 Å². The van der Waals surface area contributed by atoms with E-state index in [-0.39, 0.29) is 35.8 Å². The molecule has 1 aromatic heterocycles. The van der Waals surface area contributed by atoms with Crippen molar-refractivity contribution in [1.82, 2.24) is 20.5 Å². The number of fused-ring (bicyclic) bond motifs is 2. The molecule has 35 heavy (non-hydrogen) atoms. The molecule has 1 saturated carbocycles. The summed E-state index contributed by atoms with van der Waals surface area (Å²) < 4.78 is 19.3. The number of ether oxygens (including phenoxy) is 1. The summed E-state index contributed by atoms with van der Waals surface area (Å²) in [5.41, 5.74) is 1.34. The van der Waals surface area contributed by atoms with Crippen molar-refractivity contribution in [3.05, 3.63) is 35.8 Å². The minimum absolute atomic E-state index is 0.0978. The van der Waals surface area contributed by atoms with Crippen LogP contribution in [0.25, 0.3) is 10.9 Å². The molecule has 1 amide bonds. The Labute approximate surface area is 206 Å². The van der Waals surface area contributed by atoms with Crippen LogP contribution in [-0.2, 0) is 4.74 Å². The summed E-state index contributed by atoms with van der Waals surface area (Å²) in [6.07, 6.45) is 7.09. The van der Waals surface area contributed by atoms with Gasteiger partial charge in [-0.2, -0.15) is 0 Å². The van der Waals surface area contributed by atoms with Gasteiger partial charge in [-0.1, -0.05) is 19.3 Å². The maximum Gasteiger partial charge on any atom is 0.408 e. The van der Waals surface area contributed by atoms with Crippen LogP contribution in [0.4, 0.5) is 9.18 Å². The Morgan fingerprint density at radius 3 is 2.74 bits per heavy atom. The zero-order valence-corrected chi connectivity index (χ0v) is 21.0. The molecule has 3 heterocycles. The Balaban J connectivity index is 1.40. The Kier molecular flexibility index (Phi) is 6.81. The minimum Gasteiger partial charge on any atom is -0.444 e. The lowest BCUT2D eigenvalue weighted by atomic mass is 9.82. The summed E-state index contributed by atoms with van der Waals surface area (Å²) in [7, 11) is 0. The number of aliphatic hydroxyl groups excluding tert-OH is 1. The van der Waals surface area contributed by atoms with Crippen molar-refractivity contribution in [2.45, 2.75) is 95.2 Å². The van der Waals surface area contributed by atoms with Gasteiger partial charge in [0.25, 0.3) is 0 Å². The van der Waals surface area contributed by atoms with Gasteiger partial charge >= 0.3 is 6.09 Å². The fourth-order valence-corrected chi connectivity index (χ4v) is 6.58. The zero-order valence-electron chi connectivity index (χ0n) is 21.0. The van der Waals surface area contributed by atoms with Gasteiger partial charge in [0.15, 0.2) is 0 Å². The number of H-pyrrole nitrogens is 1. The number of carbonyl (C=O) groups is 1. The molecule has 3 aliphatic rings. The molecule has 5 rings (SSSR count). The predicted molar refractivity (Wildman–Crippen MR) is 134 cm³/mol. The molecule has 2 aromatic rings. The molecule has 8 heteroatoms. The average molecular weight is 487 g/mol. The first-order chi connectivity index (χ1) is 16.7. The largest absolute Gasteiger partial charge is 0.444 e. The number of nitrogens with one attached hydrogen (secondary N) is 3. The normalized spacial score (nSPS) is 27.6. The predicted octanol–water partition coefficient (Wildman–Crippen LogP) is 4.23. The van der Waals surface area contributed by atoms with Crippen molar-refractivity contribution in [3.63, 3.8) is 0 Å². The lowest BCUT2D eigenvalue weighted by Gasteiger charge is -2.41. The second-order valence-electron chi connectivity index (χ2n) is 11.6. The molecule has 1 aromatic carbocycles. The second-order valence-corrected chi connectivity index (χ2v) is 11.6. The van der Waals surface area contributed by atoms with Crippen molar-refractivity contribution >= 4 is 17.0 Å². The molecule has 2 saturated heterocycles. The van der Waals surface area contributed by atoms with Crippen LogP contribution < -0.4 is 10.6 Å².